The maximum atomic E-state index is 12.1. The van der Waals surface area contributed by atoms with Crippen LogP contribution in [0.15, 0.2) is 30.3 Å². The molecule has 6 nitrogen and oxygen atoms in total. The fraction of sp³-hybridized carbons (Fsp3) is 0.500. The normalized spacial score (nSPS) is 11.7. The summed E-state index contributed by atoms with van der Waals surface area (Å²) in [6.07, 6.45) is 0.0527. The third-order valence-corrected chi connectivity index (χ3v) is 3.07. The average molecular weight is 308 g/mol. The highest BCUT2D eigenvalue weighted by Gasteiger charge is 2.20. The van der Waals surface area contributed by atoms with Gasteiger partial charge >= 0.3 is 5.97 Å². The van der Waals surface area contributed by atoms with Crippen molar-refractivity contribution in [3.63, 3.8) is 0 Å². The number of benzene rings is 1. The minimum atomic E-state index is -0.666. The lowest BCUT2D eigenvalue weighted by Gasteiger charge is -2.16. The van der Waals surface area contributed by atoms with E-state index in [4.69, 9.17) is 9.47 Å². The molecule has 0 radical (unpaired) electrons. The summed E-state index contributed by atoms with van der Waals surface area (Å²) in [5, 5.41) is 5.48. The molecular formula is C16H24N2O4. The van der Waals surface area contributed by atoms with Crippen molar-refractivity contribution in [2.75, 3.05) is 27.2 Å². The van der Waals surface area contributed by atoms with Gasteiger partial charge in [-0.15, -0.1) is 0 Å². The lowest BCUT2D eigenvalue weighted by atomic mass is 10.2. The van der Waals surface area contributed by atoms with Gasteiger partial charge in [-0.05, 0) is 25.6 Å². The highest BCUT2D eigenvalue weighted by Crippen LogP contribution is 2.06. The second-order valence-corrected chi connectivity index (χ2v) is 4.77. The first-order valence-corrected chi connectivity index (χ1v) is 7.34. The van der Waals surface area contributed by atoms with Gasteiger partial charge in [0.1, 0.15) is 6.61 Å². The molecule has 2 N–H and O–H groups in total. The van der Waals surface area contributed by atoms with E-state index in [2.05, 4.69) is 10.6 Å². The first kappa shape index (κ1) is 18.1. The molecular weight excluding hydrogens is 284 g/mol. The van der Waals surface area contributed by atoms with Crippen LogP contribution in [-0.4, -0.2) is 45.2 Å². The predicted octanol–water partition coefficient (Wildman–Crippen LogP) is 0.861. The molecule has 0 heterocycles. The molecule has 0 aliphatic carbocycles. The Labute approximate surface area is 131 Å². The Morgan fingerprint density at radius 3 is 2.55 bits per heavy atom. The first-order chi connectivity index (χ1) is 10.7. The SMILES string of the molecule is CNCCC(OCCC(=O)NC)C(=O)OCc1ccccc1. The lowest BCUT2D eigenvalue weighted by Crippen LogP contribution is -2.31. The Morgan fingerprint density at radius 1 is 1.18 bits per heavy atom. The second kappa shape index (κ2) is 10.8. The van der Waals surface area contributed by atoms with Crippen LogP contribution in [0.2, 0.25) is 0 Å². The van der Waals surface area contributed by atoms with Crippen LogP contribution in [0.1, 0.15) is 18.4 Å². The number of hydrogen-bond donors (Lipinski definition) is 2. The van der Waals surface area contributed by atoms with Crippen molar-refractivity contribution in [1.82, 2.24) is 10.6 Å². The van der Waals surface area contributed by atoms with Gasteiger partial charge in [-0.25, -0.2) is 4.79 Å². The number of hydrogen-bond acceptors (Lipinski definition) is 5. The fourth-order valence-corrected chi connectivity index (χ4v) is 1.79. The summed E-state index contributed by atoms with van der Waals surface area (Å²) in [6.45, 7) is 1.04. The third-order valence-electron chi connectivity index (χ3n) is 3.07. The quantitative estimate of drug-likeness (QED) is 0.627. The molecule has 1 aromatic carbocycles. The van der Waals surface area contributed by atoms with Gasteiger partial charge in [0, 0.05) is 13.5 Å². The van der Waals surface area contributed by atoms with Gasteiger partial charge in [-0.3, -0.25) is 4.79 Å². The van der Waals surface area contributed by atoms with Crippen molar-refractivity contribution in [1.29, 1.82) is 0 Å². The Hall–Kier alpha value is -1.92. The van der Waals surface area contributed by atoms with Crippen molar-refractivity contribution < 1.29 is 19.1 Å². The molecule has 0 saturated heterocycles. The summed E-state index contributed by atoms with van der Waals surface area (Å²) in [5.74, 6) is -0.527. The van der Waals surface area contributed by atoms with Crippen molar-refractivity contribution in [3.8, 4) is 0 Å². The largest absolute Gasteiger partial charge is 0.459 e. The molecule has 1 aromatic rings. The Morgan fingerprint density at radius 2 is 1.91 bits per heavy atom. The van der Waals surface area contributed by atoms with Crippen LogP contribution in [0.4, 0.5) is 0 Å². The molecule has 22 heavy (non-hydrogen) atoms. The van der Waals surface area contributed by atoms with E-state index in [1.165, 1.54) is 0 Å². The van der Waals surface area contributed by atoms with Gasteiger partial charge < -0.3 is 20.1 Å². The zero-order chi connectivity index (χ0) is 16.2. The van der Waals surface area contributed by atoms with Crippen molar-refractivity contribution >= 4 is 11.9 Å². The summed E-state index contributed by atoms with van der Waals surface area (Å²) in [7, 11) is 3.37. The van der Waals surface area contributed by atoms with E-state index in [1.807, 2.05) is 30.3 Å². The van der Waals surface area contributed by atoms with Crippen LogP contribution < -0.4 is 10.6 Å². The van der Waals surface area contributed by atoms with Crippen molar-refractivity contribution in [3.05, 3.63) is 35.9 Å². The van der Waals surface area contributed by atoms with Gasteiger partial charge in [-0.1, -0.05) is 30.3 Å². The predicted molar refractivity (Wildman–Crippen MR) is 83.2 cm³/mol. The standard InChI is InChI=1S/C16H24N2O4/c1-17-10-8-14(21-11-9-15(19)18-2)16(20)22-12-13-6-4-3-5-7-13/h3-7,14,17H,8-12H2,1-2H3,(H,18,19). The van der Waals surface area contributed by atoms with Gasteiger partial charge in [-0.2, -0.15) is 0 Å². The number of nitrogens with one attached hydrogen (secondary N) is 2. The molecule has 1 unspecified atom stereocenters. The van der Waals surface area contributed by atoms with Crippen molar-refractivity contribution in [2.24, 2.45) is 0 Å². The maximum absolute atomic E-state index is 12.1. The summed E-state index contributed by atoms with van der Waals surface area (Å²) >= 11 is 0. The minimum absolute atomic E-state index is 0.120. The molecule has 6 heteroatoms. The first-order valence-electron chi connectivity index (χ1n) is 7.34. The van der Waals surface area contributed by atoms with Gasteiger partial charge in [0.05, 0.1) is 6.61 Å². The van der Waals surface area contributed by atoms with Crippen LogP contribution in [0.25, 0.3) is 0 Å². The number of esters is 1. The molecule has 122 valence electrons. The number of ether oxygens (including phenoxy) is 2. The lowest BCUT2D eigenvalue weighted by molar-refractivity contribution is -0.159. The van der Waals surface area contributed by atoms with Gasteiger partial charge in [0.15, 0.2) is 6.10 Å². The van der Waals surface area contributed by atoms with E-state index in [1.54, 1.807) is 14.1 Å². The summed E-state index contributed by atoms with van der Waals surface area (Å²) < 4.78 is 10.8. The molecule has 0 fully saturated rings. The van der Waals surface area contributed by atoms with Crippen LogP contribution in [0.5, 0.6) is 0 Å². The topological polar surface area (TPSA) is 76.7 Å². The van der Waals surface area contributed by atoms with Crippen molar-refractivity contribution in [2.45, 2.75) is 25.6 Å². The molecule has 0 saturated carbocycles. The Kier molecular flexibility index (Phi) is 8.86. The molecule has 0 aliphatic rings. The highest BCUT2D eigenvalue weighted by atomic mass is 16.6. The fourth-order valence-electron chi connectivity index (χ4n) is 1.79. The molecule has 1 atom stereocenters. The number of carbonyl (C=O) groups is 2. The zero-order valence-corrected chi connectivity index (χ0v) is 13.1. The molecule has 0 bridgehead atoms. The van der Waals surface area contributed by atoms with E-state index < -0.39 is 12.1 Å². The van der Waals surface area contributed by atoms with E-state index in [0.717, 1.165) is 5.56 Å². The van der Waals surface area contributed by atoms with E-state index in [0.29, 0.717) is 13.0 Å². The smallest absolute Gasteiger partial charge is 0.335 e. The van der Waals surface area contributed by atoms with Crippen LogP contribution in [0.3, 0.4) is 0 Å². The number of amides is 1. The molecule has 1 amide bonds. The molecule has 0 aromatic heterocycles. The summed E-state index contributed by atoms with van der Waals surface area (Å²) in [4.78, 5) is 23.3. The van der Waals surface area contributed by atoms with Gasteiger partial charge in [0.2, 0.25) is 5.91 Å². The zero-order valence-electron chi connectivity index (χ0n) is 13.1. The second-order valence-electron chi connectivity index (χ2n) is 4.77. The van der Waals surface area contributed by atoms with E-state index >= 15 is 0 Å². The average Bonchev–Trinajstić information content (AvgIpc) is 2.56. The Bertz CT molecular complexity index is 451. The Balaban J connectivity index is 2.43. The third kappa shape index (κ3) is 7.19. The number of carbonyl (C=O) groups excluding carboxylic acids is 2. The summed E-state index contributed by atoms with van der Waals surface area (Å²) in [6, 6.07) is 9.47. The van der Waals surface area contributed by atoms with Gasteiger partial charge in [0.25, 0.3) is 0 Å². The highest BCUT2D eigenvalue weighted by molar-refractivity contribution is 5.76. The molecule has 1 rings (SSSR count). The van der Waals surface area contributed by atoms with E-state index in [9.17, 15) is 9.59 Å². The monoisotopic (exact) mass is 308 g/mol. The molecule has 0 spiro atoms. The summed E-state index contributed by atoms with van der Waals surface area (Å²) in [5.41, 5.74) is 0.925. The minimum Gasteiger partial charge on any atom is -0.459 e. The van der Waals surface area contributed by atoms with Crippen LogP contribution in [0, 0.1) is 0 Å². The number of rotatable bonds is 10. The van der Waals surface area contributed by atoms with Crippen LogP contribution >= 0.6 is 0 Å². The molecule has 0 aliphatic heterocycles. The maximum Gasteiger partial charge on any atom is 0.335 e. The van der Waals surface area contributed by atoms with Crippen LogP contribution in [-0.2, 0) is 25.7 Å². The van der Waals surface area contributed by atoms with E-state index in [-0.39, 0.29) is 25.5 Å².